The van der Waals surface area contributed by atoms with Crippen LogP contribution in [0.15, 0.2) is 6.20 Å². The molecule has 0 spiro atoms. The molecule has 1 aromatic rings. The van der Waals surface area contributed by atoms with Crippen LogP contribution in [0.3, 0.4) is 0 Å². The molecule has 0 saturated carbocycles. The third kappa shape index (κ3) is 1.88. The molecular weight excluding hydrogens is 222 g/mol. The van der Waals surface area contributed by atoms with Gasteiger partial charge in [0.1, 0.15) is 0 Å². The highest BCUT2D eigenvalue weighted by Crippen LogP contribution is 2.22. The zero-order valence-corrected chi connectivity index (χ0v) is 9.50. The molecule has 0 aromatic carbocycles. The van der Waals surface area contributed by atoms with E-state index in [9.17, 15) is 4.79 Å². The number of aromatic nitrogens is 2. The first-order chi connectivity index (χ1) is 8.24. The van der Waals surface area contributed by atoms with Gasteiger partial charge in [-0.1, -0.05) is 0 Å². The molecule has 17 heavy (non-hydrogen) atoms. The van der Waals surface area contributed by atoms with Gasteiger partial charge in [-0.3, -0.25) is 4.68 Å². The summed E-state index contributed by atoms with van der Waals surface area (Å²) < 4.78 is 7.07. The Morgan fingerprint density at radius 1 is 1.53 bits per heavy atom. The molecule has 1 fully saturated rings. The molecule has 3 heterocycles. The van der Waals surface area contributed by atoms with Crippen molar-refractivity contribution in [2.45, 2.75) is 25.4 Å². The van der Waals surface area contributed by atoms with Gasteiger partial charge in [-0.25, -0.2) is 4.79 Å². The van der Waals surface area contributed by atoms with E-state index in [2.05, 4.69) is 5.10 Å². The fourth-order valence-corrected chi connectivity index (χ4v) is 2.26. The highest BCUT2D eigenvalue weighted by molar-refractivity contribution is 5.65. The topological polar surface area (TPSA) is 67.6 Å². The molecule has 92 valence electrons. The second kappa shape index (κ2) is 4.03. The summed E-state index contributed by atoms with van der Waals surface area (Å²) >= 11 is 0. The highest BCUT2D eigenvalue weighted by Gasteiger charge is 2.25. The number of carbonyl (C=O) groups is 1. The van der Waals surface area contributed by atoms with Gasteiger partial charge >= 0.3 is 6.09 Å². The molecule has 6 heteroatoms. The monoisotopic (exact) mass is 237 g/mol. The van der Waals surface area contributed by atoms with Crippen molar-refractivity contribution in [3.05, 3.63) is 17.5 Å². The summed E-state index contributed by atoms with van der Waals surface area (Å²) in [6.07, 6.45) is 2.83. The molecule has 1 amide bonds. The quantitative estimate of drug-likeness (QED) is 0.787. The van der Waals surface area contributed by atoms with Crippen molar-refractivity contribution in [3.8, 4) is 0 Å². The smallest absolute Gasteiger partial charge is 0.407 e. The van der Waals surface area contributed by atoms with Crippen LogP contribution in [0, 0.1) is 0 Å². The van der Waals surface area contributed by atoms with Crippen molar-refractivity contribution in [1.29, 1.82) is 0 Å². The number of hydrogen-bond donors (Lipinski definition) is 1. The van der Waals surface area contributed by atoms with Crippen LogP contribution in [0.2, 0.25) is 0 Å². The molecule has 0 radical (unpaired) electrons. The molecular formula is C11H15N3O3. The van der Waals surface area contributed by atoms with Crippen molar-refractivity contribution < 1.29 is 14.6 Å². The van der Waals surface area contributed by atoms with Gasteiger partial charge in [0.25, 0.3) is 0 Å². The second-order valence-electron chi connectivity index (χ2n) is 4.58. The van der Waals surface area contributed by atoms with E-state index in [1.54, 1.807) is 0 Å². The van der Waals surface area contributed by atoms with Crippen molar-refractivity contribution in [2.75, 3.05) is 19.8 Å². The molecule has 0 bridgehead atoms. The minimum absolute atomic E-state index is 0.334. The Kier molecular flexibility index (Phi) is 2.51. The first-order valence-corrected chi connectivity index (χ1v) is 5.86. The van der Waals surface area contributed by atoms with Crippen LogP contribution in [0.25, 0.3) is 0 Å². The fourth-order valence-electron chi connectivity index (χ4n) is 2.26. The molecule has 1 saturated heterocycles. The van der Waals surface area contributed by atoms with Crippen LogP contribution in [0.4, 0.5) is 4.79 Å². The van der Waals surface area contributed by atoms with E-state index in [0.717, 1.165) is 24.1 Å². The SMILES string of the molecule is O=C(O)N1CCCc2nn(C3COC3)cc2C1. The number of nitrogens with zero attached hydrogens (tertiary/aromatic N) is 3. The Morgan fingerprint density at radius 2 is 2.35 bits per heavy atom. The Labute approximate surface area is 98.8 Å². The molecule has 1 N–H and O–H groups in total. The molecule has 0 aliphatic carbocycles. The molecule has 0 unspecified atom stereocenters. The fraction of sp³-hybridized carbons (Fsp3) is 0.636. The molecule has 3 rings (SSSR count). The van der Waals surface area contributed by atoms with Crippen LogP contribution >= 0.6 is 0 Å². The first kappa shape index (κ1) is 10.6. The normalized spacial score (nSPS) is 20.6. The van der Waals surface area contributed by atoms with E-state index in [1.807, 2.05) is 10.9 Å². The van der Waals surface area contributed by atoms with E-state index >= 15 is 0 Å². The van der Waals surface area contributed by atoms with Gasteiger partial charge in [0.05, 0.1) is 31.5 Å². The number of fused-ring (bicyclic) bond motifs is 1. The van der Waals surface area contributed by atoms with Crippen molar-refractivity contribution in [2.24, 2.45) is 0 Å². The van der Waals surface area contributed by atoms with Gasteiger partial charge in [-0.2, -0.15) is 5.10 Å². The number of amides is 1. The zero-order valence-electron chi connectivity index (χ0n) is 9.50. The Bertz CT molecular complexity index is 439. The number of rotatable bonds is 1. The Hall–Kier alpha value is -1.56. The highest BCUT2D eigenvalue weighted by atomic mass is 16.5. The summed E-state index contributed by atoms with van der Waals surface area (Å²) in [6, 6.07) is 0.334. The molecule has 1 aromatic heterocycles. The van der Waals surface area contributed by atoms with Crippen LogP contribution in [-0.4, -0.2) is 45.6 Å². The third-order valence-corrected chi connectivity index (χ3v) is 3.36. The summed E-state index contributed by atoms with van der Waals surface area (Å²) in [4.78, 5) is 12.5. The molecule has 0 atom stereocenters. The zero-order chi connectivity index (χ0) is 11.8. The average molecular weight is 237 g/mol. The summed E-state index contributed by atoms with van der Waals surface area (Å²) in [6.45, 7) is 2.48. The van der Waals surface area contributed by atoms with Gasteiger partial charge < -0.3 is 14.7 Å². The van der Waals surface area contributed by atoms with Crippen LogP contribution in [0.5, 0.6) is 0 Å². The van der Waals surface area contributed by atoms with E-state index in [4.69, 9.17) is 9.84 Å². The van der Waals surface area contributed by atoms with E-state index < -0.39 is 6.09 Å². The summed E-state index contributed by atoms with van der Waals surface area (Å²) in [5.74, 6) is 0. The van der Waals surface area contributed by atoms with Crippen LogP contribution < -0.4 is 0 Å². The van der Waals surface area contributed by atoms with Crippen LogP contribution in [0.1, 0.15) is 23.7 Å². The number of ether oxygens (including phenoxy) is 1. The maximum atomic E-state index is 11.0. The second-order valence-corrected chi connectivity index (χ2v) is 4.58. The molecule has 2 aliphatic heterocycles. The number of hydrogen-bond acceptors (Lipinski definition) is 3. The van der Waals surface area contributed by atoms with Crippen molar-refractivity contribution >= 4 is 6.09 Å². The molecule has 6 nitrogen and oxygen atoms in total. The van der Waals surface area contributed by atoms with Gasteiger partial charge in [0, 0.05) is 18.3 Å². The average Bonchev–Trinajstić information content (AvgIpc) is 2.46. The van der Waals surface area contributed by atoms with Gasteiger partial charge in [0.15, 0.2) is 0 Å². The Balaban J connectivity index is 1.83. The summed E-state index contributed by atoms with van der Waals surface area (Å²) in [5.41, 5.74) is 2.08. The van der Waals surface area contributed by atoms with Gasteiger partial charge in [0.2, 0.25) is 0 Å². The predicted octanol–water partition coefficient (Wildman–Crippen LogP) is 0.881. The minimum Gasteiger partial charge on any atom is -0.465 e. The standard InChI is InChI=1S/C11H15N3O3/c15-11(16)13-3-1-2-10-8(4-13)5-14(12-10)9-6-17-7-9/h5,9H,1-4,6-7H2,(H,15,16). The predicted molar refractivity (Wildman–Crippen MR) is 58.8 cm³/mol. The van der Waals surface area contributed by atoms with E-state index in [-0.39, 0.29) is 0 Å². The minimum atomic E-state index is -0.849. The van der Waals surface area contributed by atoms with Crippen LogP contribution in [-0.2, 0) is 17.7 Å². The lowest BCUT2D eigenvalue weighted by Gasteiger charge is -2.26. The maximum Gasteiger partial charge on any atom is 0.407 e. The van der Waals surface area contributed by atoms with Crippen molar-refractivity contribution in [1.82, 2.24) is 14.7 Å². The largest absolute Gasteiger partial charge is 0.465 e. The third-order valence-electron chi connectivity index (χ3n) is 3.36. The lowest BCUT2D eigenvalue weighted by molar-refractivity contribution is -0.0288. The number of carboxylic acid groups (broad SMARTS) is 1. The van der Waals surface area contributed by atoms with E-state index in [0.29, 0.717) is 32.3 Å². The lowest BCUT2D eigenvalue weighted by Crippen LogP contribution is -2.31. The van der Waals surface area contributed by atoms with Crippen molar-refractivity contribution in [3.63, 3.8) is 0 Å². The maximum absolute atomic E-state index is 11.0. The summed E-state index contributed by atoms with van der Waals surface area (Å²) in [5, 5.41) is 13.6. The van der Waals surface area contributed by atoms with Gasteiger partial charge in [-0.15, -0.1) is 0 Å². The first-order valence-electron chi connectivity index (χ1n) is 5.86. The summed E-state index contributed by atoms with van der Waals surface area (Å²) in [7, 11) is 0. The number of aryl methyl sites for hydroxylation is 1. The van der Waals surface area contributed by atoms with Gasteiger partial charge in [-0.05, 0) is 12.8 Å². The Morgan fingerprint density at radius 3 is 3.00 bits per heavy atom. The molecule has 2 aliphatic rings. The van der Waals surface area contributed by atoms with E-state index in [1.165, 1.54) is 4.90 Å². The lowest BCUT2D eigenvalue weighted by atomic mass is 10.2.